The summed E-state index contributed by atoms with van der Waals surface area (Å²) in [7, 11) is 5.87. The molecule has 0 unspecified atom stereocenters. The van der Waals surface area contributed by atoms with Gasteiger partial charge in [0.25, 0.3) is 5.91 Å². The summed E-state index contributed by atoms with van der Waals surface area (Å²) in [6, 6.07) is 5.20. The third kappa shape index (κ3) is 2.67. The molecule has 2 atom stereocenters. The molecule has 0 radical (unpaired) electrons. The van der Waals surface area contributed by atoms with E-state index in [4.69, 9.17) is 18.9 Å². The van der Waals surface area contributed by atoms with Crippen LogP contribution in [0.1, 0.15) is 43.4 Å². The molecule has 0 bridgehead atoms. The third-order valence-electron chi connectivity index (χ3n) is 7.37. The molecule has 3 heterocycles. The number of carbonyl (C=O) groups is 3. The van der Waals surface area contributed by atoms with E-state index in [2.05, 4.69) is 9.97 Å². The maximum absolute atomic E-state index is 13.7. The van der Waals surface area contributed by atoms with Crippen LogP contribution in [-0.4, -0.2) is 67.5 Å². The monoisotopic (exact) mass is 477 g/mol. The molecule has 35 heavy (non-hydrogen) atoms. The van der Waals surface area contributed by atoms with E-state index in [1.165, 1.54) is 34.5 Å². The minimum Gasteiger partial charge on any atom is -0.493 e. The Hall–Kier alpha value is -4.21. The van der Waals surface area contributed by atoms with E-state index in [1.807, 2.05) is 0 Å². The Kier molecular flexibility index (Phi) is 4.35. The molecular weight excluding hydrogens is 454 g/mol. The lowest BCUT2D eigenvalue weighted by Crippen LogP contribution is -2.33. The third-order valence-corrected chi connectivity index (χ3v) is 7.37. The maximum Gasteiger partial charge on any atom is 0.354 e. The number of ketones is 1. The Balaban J connectivity index is 1.40. The van der Waals surface area contributed by atoms with Gasteiger partial charge in [0, 0.05) is 29.1 Å². The van der Waals surface area contributed by atoms with Crippen LogP contribution >= 0.6 is 0 Å². The molecule has 1 aromatic carbocycles. The van der Waals surface area contributed by atoms with Crippen LogP contribution in [0.15, 0.2) is 30.0 Å². The van der Waals surface area contributed by atoms with Gasteiger partial charge in [-0.05, 0) is 36.1 Å². The first-order chi connectivity index (χ1) is 16.9. The molecule has 10 nitrogen and oxygen atoms in total. The minimum absolute atomic E-state index is 0.171. The van der Waals surface area contributed by atoms with Crippen molar-refractivity contribution in [2.45, 2.75) is 11.8 Å². The number of hydrogen-bond acceptors (Lipinski definition) is 7. The molecule has 1 aliphatic heterocycles. The number of piperidine rings is 1. The van der Waals surface area contributed by atoms with Crippen molar-refractivity contribution in [3.05, 3.63) is 52.6 Å². The first-order valence-electron chi connectivity index (χ1n) is 11.1. The number of likely N-dealkylation sites (tertiary alicyclic amines) is 1. The predicted molar refractivity (Wildman–Crippen MR) is 123 cm³/mol. The largest absolute Gasteiger partial charge is 0.493 e. The molecular formula is C25H23N3O7. The highest BCUT2D eigenvalue weighted by Gasteiger charge is 2.68. The van der Waals surface area contributed by atoms with Gasteiger partial charge in [0.1, 0.15) is 11.4 Å². The number of ether oxygens (including phenoxy) is 4. The standard InChI is InChI=1S/C25H23N3O7/c1-32-17-6-11-5-14(26-19(11)22(34-3)21(17)33-2)23(30)28-10-12-9-25(12)13-7-15(24(31)35-4)27-20(13)16(29)8-18(25)28/h5-8,12,26-27H,9-10H2,1-4H3/t12-,25-/m0/s1. The summed E-state index contributed by atoms with van der Waals surface area (Å²) in [6.07, 6.45) is 2.33. The molecule has 1 saturated heterocycles. The second-order valence-electron chi connectivity index (χ2n) is 8.94. The SMILES string of the molecule is COC(=O)c1cc2c([nH]1)C(=O)C=C1N(C(=O)c3cc4cc(OC)c(OC)c(OC)c4[nH]3)C[C@@H]3C[C@@]123. The van der Waals surface area contributed by atoms with E-state index < -0.39 is 11.4 Å². The predicted octanol–water partition coefficient (Wildman–Crippen LogP) is 2.80. The summed E-state index contributed by atoms with van der Waals surface area (Å²) in [5.74, 6) is 0.454. The van der Waals surface area contributed by atoms with Gasteiger partial charge in [-0.2, -0.15) is 0 Å². The zero-order valence-electron chi connectivity index (χ0n) is 19.6. The normalized spacial score (nSPS) is 21.7. The molecule has 2 aromatic heterocycles. The average Bonchev–Trinajstić information content (AvgIpc) is 3.21. The number of rotatable bonds is 5. The van der Waals surface area contributed by atoms with Crippen molar-refractivity contribution in [3.8, 4) is 17.2 Å². The Bertz CT molecular complexity index is 1480. The lowest BCUT2D eigenvalue weighted by atomic mass is 9.85. The molecule has 2 fully saturated rings. The number of amides is 1. The number of benzene rings is 1. The van der Waals surface area contributed by atoms with Gasteiger partial charge < -0.3 is 33.8 Å². The number of H-pyrrole nitrogens is 2. The quantitative estimate of drug-likeness (QED) is 0.542. The van der Waals surface area contributed by atoms with Crippen LogP contribution in [0.4, 0.5) is 0 Å². The van der Waals surface area contributed by atoms with Crippen LogP contribution < -0.4 is 14.2 Å². The molecule has 2 aliphatic carbocycles. The van der Waals surface area contributed by atoms with E-state index in [-0.39, 0.29) is 23.3 Å². The molecule has 2 N–H and O–H groups in total. The van der Waals surface area contributed by atoms with Crippen molar-refractivity contribution in [2.24, 2.45) is 5.92 Å². The summed E-state index contributed by atoms with van der Waals surface area (Å²) < 4.78 is 21.2. The second kappa shape index (κ2) is 7.14. The summed E-state index contributed by atoms with van der Waals surface area (Å²) in [5, 5.41) is 0.728. The van der Waals surface area contributed by atoms with Crippen LogP contribution in [0.5, 0.6) is 17.2 Å². The number of carbonyl (C=O) groups excluding carboxylic acids is 3. The molecule has 180 valence electrons. The number of nitrogens with one attached hydrogen (secondary N) is 2. The fourth-order valence-electron chi connectivity index (χ4n) is 5.71. The molecule has 1 spiro atoms. The Labute approximate surface area is 199 Å². The molecule has 3 aliphatic rings. The molecule has 10 heteroatoms. The number of aromatic amines is 2. The van der Waals surface area contributed by atoms with Crippen molar-refractivity contribution in [2.75, 3.05) is 35.0 Å². The van der Waals surface area contributed by atoms with Gasteiger partial charge in [0.2, 0.25) is 11.5 Å². The second-order valence-corrected chi connectivity index (χ2v) is 8.94. The number of fused-ring (bicyclic) bond motifs is 2. The highest BCUT2D eigenvalue weighted by atomic mass is 16.5. The van der Waals surface area contributed by atoms with Crippen LogP contribution in [-0.2, 0) is 10.2 Å². The fraction of sp³-hybridized carbons (Fsp3) is 0.320. The van der Waals surface area contributed by atoms with Crippen LogP contribution in [0, 0.1) is 5.92 Å². The van der Waals surface area contributed by atoms with Gasteiger partial charge in [-0.25, -0.2) is 4.79 Å². The van der Waals surface area contributed by atoms with Crippen molar-refractivity contribution in [1.29, 1.82) is 0 Å². The number of nitrogens with zero attached hydrogens (tertiary/aromatic N) is 1. The van der Waals surface area contributed by atoms with Crippen LogP contribution in [0.3, 0.4) is 0 Å². The molecule has 1 saturated carbocycles. The van der Waals surface area contributed by atoms with E-state index in [0.29, 0.717) is 46.4 Å². The summed E-state index contributed by atoms with van der Waals surface area (Å²) >= 11 is 0. The zero-order valence-corrected chi connectivity index (χ0v) is 19.6. The first kappa shape index (κ1) is 21.3. The van der Waals surface area contributed by atoms with Crippen LogP contribution in [0.2, 0.25) is 0 Å². The highest BCUT2D eigenvalue weighted by molar-refractivity contribution is 6.10. The number of aromatic nitrogens is 2. The van der Waals surface area contributed by atoms with Gasteiger partial charge in [-0.15, -0.1) is 0 Å². The highest BCUT2D eigenvalue weighted by Crippen LogP contribution is 2.66. The first-order valence-corrected chi connectivity index (χ1v) is 11.1. The summed E-state index contributed by atoms with van der Waals surface area (Å²) in [5.41, 5.74) is 2.56. The van der Waals surface area contributed by atoms with E-state index in [1.54, 1.807) is 23.1 Å². The van der Waals surface area contributed by atoms with Crippen molar-refractivity contribution in [3.63, 3.8) is 0 Å². The van der Waals surface area contributed by atoms with E-state index in [9.17, 15) is 14.4 Å². The zero-order chi connectivity index (χ0) is 24.6. The lowest BCUT2D eigenvalue weighted by Gasteiger charge is -2.27. The van der Waals surface area contributed by atoms with Crippen molar-refractivity contribution < 1.29 is 33.3 Å². The van der Waals surface area contributed by atoms with Gasteiger partial charge in [-0.1, -0.05) is 0 Å². The molecule has 1 amide bonds. The van der Waals surface area contributed by atoms with Crippen molar-refractivity contribution in [1.82, 2.24) is 14.9 Å². The van der Waals surface area contributed by atoms with Crippen LogP contribution in [0.25, 0.3) is 10.9 Å². The Morgan fingerprint density at radius 3 is 2.46 bits per heavy atom. The maximum atomic E-state index is 13.7. The topological polar surface area (TPSA) is 123 Å². The molecule has 3 aromatic rings. The summed E-state index contributed by atoms with van der Waals surface area (Å²) in [6.45, 7) is 0.481. The number of methoxy groups -OCH3 is 4. The summed E-state index contributed by atoms with van der Waals surface area (Å²) in [4.78, 5) is 46.4. The van der Waals surface area contributed by atoms with Crippen molar-refractivity contribution >= 4 is 28.6 Å². The van der Waals surface area contributed by atoms with E-state index >= 15 is 0 Å². The Morgan fingerprint density at radius 2 is 1.77 bits per heavy atom. The smallest absolute Gasteiger partial charge is 0.354 e. The minimum atomic E-state index is -0.536. The number of allylic oxidation sites excluding steroid dienone is 2. The lowest BCUT2D eigenvalue weighted by molar-refractivity contribution is 0.0594. The van der Waals surface area contributed by atoms with Gasteiger partial charge in [0.15, 0.2) is 11.5 Å². The molecule has 6 rings (SSSR count). The number of hydrogen-bond donors (Lipinski definition) is 2. The van der Waals surface area contributed by atoms with Gasteiger partial charge in [-0.3, -0.25) is 9.59 Å². The Morgan fingerprint density at radius 1 is 1.00 bits per heavy atom. The van der Waals surface area contributed by atoms with Gasteiger partial charge >= 0.3 is 5.97 Å². The fourth-order valence-corrected chi connectivity index (χ4v) is 5.71. The van der Waals surface area contributed by atoms with E-state index in [0.717, 1.165) is 17.4 Å². The number of esters is 1. The van der Waals surface area contributed by atoms with Gasteiger partial charge in [0.05, 0.1) is 39.6 Å². The average molecular weight is 477 g/mol.